The summed E-state index contributed by atoms with van der Waals surface area (Å²) in [6.07, 6.45) is 5.62. The van der Waals surface area contributed by atoms with E-state index in [4.69, 9.17) is 4.74 Å². The smallest absolute Gasteiger partial charge is 0.0594 e. The van der Waals surface area contributed by atoms with Crippen molar-refractivity contribution in [2.24, 2.45) is 17.3 Å². The van der Waals surface area contributed by atoms with Crippen molar-refractivity contribution in [3.63, 3.8) is 0 Å². The number of nitrogens with one attached hydrogen (secondary N) is 1. The first kappa shape index (κ1) is 16.3. The maximum Gasteiger partial charge on any atom is 0.0594 e. The molecule has 3 nitrogen and oxygen atoms in total. The molecule has 1 saturated carbocycles. The van der Waals surface area contributed by atoms with Crippen molar-refractivity contribution in [1.29, 1.82) is 0 Å². The Labute approximate surface area is 125 Å². The van der Waals surface area contributed by atoms with Crippen LogP contribution in [0.15, 0.2) is 0 Å². The lowest BCUT2D eigenvalue weighted by molar-refractivity contribution is 0.00375. The Morgan fingerprint density at radius 3 is 2.45 bits per heavy atom. The molecular formula is C17H34N2O. The molecule has 1 aliphatic heterocycles. The quantitative estimate of drug-likeness (QED) is 0.811. The van der Waals surface area contributed by atoms with Gasteiger partial charge in [-0.1, -0.05) is 33.6 Å². The molecule has 20 heavy (non-hydrogen) atoms. The third kappa shape index (κ3) is 5.01. The van der Waals surface area contributed by atoms with E-state index in [-0.39, 0.29) is 0 Å². The highest BCUT2D eigenvalue weighted by atomic mass is 16.5. The van der Waals surface area contributed by atoms with Crippen LogP contribution in [-0.2, 0) is 4.74 Å². The van der Waals surface area contributed by atoms with Gasteiger partial charge in [0.2, 0.25) is 0 Å². The summed E-state index contributed by atoms with van der Waals surface area (Å²) in [6, 6.07) is 0. The number of hydrogen-bond donors (Lipinski definition) is 1. The zero-order valence-corrected chi connectivity index (χ0v) is 13.8. The van der Waals surface area contributed by atoms with E-state index in [9.17, 15) is 0 Å². The van der Waals surface area contributed by atoms with E-state index in [1.807, 2.05) is 0 Å². The van der Waals surface area contributed by atoms with E-state index in [1.54, 1.807) is 0 Å². The van der Waals surface area contributed by atoms with E-state index in [0.717, 1.165) is 44.7 Å². The molecule has 118 valence electrons. The maximum absolute atomic E-state index is 5.49. The lowest BCUT2D eigenvalue weighted by Gasteiger charge is -2.44. The Balaban J connectivity index is 1.88. The van der Waals surface area contributed by atoms with Crippen molar-refractivity contribution in [3.8, 4) is 0 Å². The third-order valence-corrected chi connectivity index (χ3v) is 5.05. The van der Waals surface area contributed by atoms with Gasteiger partial charge in [0.1, 0.15) is 0 Å². The van der Waals surface area contributed by atoms with Gasteiger partial charge in [-0.15, -0.1) is 0 Å². The SMILES string of the molecule is CC(C)CNCC1(CN2CCOCC2)CCC(C)CC1. The highest BCUT2D eigenvalue weighted by molar-refractivity contribution is 4.90. The van der Waals surface area contributed by atoms with E-state index in [2.05, 4.69) is 31.0 Å². The summed E-state index contributed by atoms with van der Waals surface area (Å²) in [5.41, 5.74) is 0.513. The molecule has 0 amide bonds. The Kier molecular flexibility index (Phi) is 6.31. The molecule has 0 aromatic carbocycles. The lowest BCUT2D eigenvalue weighted by Crippen LogP contribution is -2.49. The first-order valence-electron chi connectivity index (χ1n) is 8.60. The van der Waals surface area contributed by atoms with Gasteiger partial charge >= 0.3 is 0 Å². The highest BCUT2D eigenvalue weighted by Crippen LogP contribution is 2.39. The van der Waals surface area contributed by atoms with Gasteiger partial charge in [-0.05, 0) is 36.6 Å². The Bertz CT molecular complexity index is 266. The summed E-state index contributed by atoms with van der Waals surface area (Å²) in [7, 11) is 0. The van der Waals surface area contributed by atoms with Crippen LogP contribution in [0.25, 0.3) is 0 Å². The largest absolute Gasteiger partial charge is 0.379 e. The molecule has 0 radical (unpaired) electrons. The van der Waals surface area contributed by atoms with Crippen molar-refractivity contribution < 1.29 is 4.74 Å². The molecule has 2 aliphatic rings. The molecule has 1 aliphatic carbocycles. The molecule has 2 fully saturated rings. The van der Waals surface area contributed by atoms with E-state index < -0.39 is 0 Å². The van der Waals surface area contributed by atoms with Gasteiger partial charge in [-0.3, -0.25) is 4.90 Å². The van der Waals surface area contributed by atoms with Crippen molar-refractivity contribution >= 4 is 0 Å². The fourth-order valence-electron chi connectivity index (χ4n) is 3.62. The number of nitrogens with zero attached hydrogens (tertiary/aromatic N) is 1. The number of hydrogen-bond acceptors (Lipinski definition) is 3. The Hall–Kier alpha value is -0.120. The summed E-state index contributed by atoms with van der Waals surface area (Å²) in [5, 5.41) is 3.74. The van der Waals surface area contributed by atoms with Crippen LogP contribution in [0.3, 0.4) is 0 Å². The van der Waals surface area contributed by atoms with Crippen LogP contribution in [0.1, 0.15) is 46.5 Å². The fourth-order valence-corrected chi connectivity index (χ4v) is 3.62. The topological polar surface area (TPSA) is 24.5 Å². The van der Waals surface area contributed by atoms with Crippen molar-refractivity contribution in [2.45, 2.75) is 46.5 Å². The molecule has 0 aromatic rings. The van der Waals surface area contributed by atoms with Crippen LogP contribution >= 0.6 is 0 Å². The predicted molar refractivity (Wildman–Crippen MR) is 85.0 cm³/mol. The predicted octanol–water partition coefficient (Wildman–Crippen LogP) is 2.76. The fraction of sp³-hybridized carbons (Fsp3) is 1.00. The van der Waals surface area contributed by atoms with Crippen LogP contribution in [0, 0.1) is 17.3 Å². The average molecular weight is 282 g/mol. The second-order valence-electron chi connectivity index (χ2n) is 7.60. The molecule has 0 unspecified atom stereocenters. The van der Waals surface area contributed by atoms with Gasteiger partial charge in [-0.2, -0.15) is 0 Å². The molecule has 1 heterocycles. The summed E-state index contributed by atoms with van der Waals surface area (Å²) in [6.45, 7) is 14.7. The molecule has 0 bridgehead atoms. The van der Waals surface area contributed by atoms with Crippen LogP contribution in [0.5, 0.6) is 0 Å². The van der Waals surface area contributed by atoms with Gasteiger partial charge in [0, 0.05) is 26.2 Å². The van der Waals surface area contributed by atoms with Crippen LogP contribution in [-0.4, -0.2) is 50.8 Å². The minimum atomic E-state index is 0.513. The summed E-state index contributed by atoms with van der Waals surface area (Å²) < 4.78 is 5.49. The summed E-state index contributed by atoms with van der Waals surface area (Å²) in [5.74, 6) is 1.68. The summed E-state index contributed by atoms with van der Waals surface area (Å²) >= 11 is 0. The first-order chi connectivity index (χ1) is 9.60. The molecule has 0 aromatic heterocycles. The first-order valence-corrected chi connectivity index (χ1v) is 8.60. The highest BCUT2D eigenvalue weighted by Gasteiger charge is 2.35. The molecule has 1 saturated heterocycles. The van der Waals surface area contributed by atoms with Crippen molar-refractivity contribution in [1.82, 2.24) is 10.2 Å². The standard InChI is InChI=1S/C17H34N2O/c1-15(2)12-18-13-17(6-4-16(3)5-7-17)14-19-8-10-20-11-9-19/h15-16,18H,4-14H2,1-3H3. The normalized spacial score (nSPS) is 32.7. The van der Waals surface area contributed by atoms with E-state index >= 15 is 0 Å². The maximum atomic E-state index is 5.49. The summed E-state index contributed by atoms with van der Waals surface area (Å²) in [4.78, 5) is 2.64. The molecule has 0 spiro atoms. The zero-order valence-electron chi connectivity index (χ0n) is 13.8. The lowest BCUT2D eigenvalue weighted by atomic mass is 9.70. The van der Waals surface area contributed by atoms with Gasteiger partial charge in [-0.25, -0.2) is 0 Å². The van der Waals surface area contributed by atoms with Gasteiger partial charge in [0.25, 0.3) is 0 Å². The monoisotopic (exact) mass is 282 g/mol. The van der Waals surface area contributed by atoms with Crippen LogP contribution < -0.4 is 5.32 Å². The number of morpholine rings is 1. The third-order valence-electron chi connectivity index (χ3n) is 5.05. The Morgan fingerprint density at radius 2 is 1.85 bits per heavy atom. The number of ether oxygens (including phenoxy) is 1. The van der Waals surface area contributed by atoms with Crippen LogP contribution in [0.4, 0.5) is 0 Å². The molecule has 0 atom stereocenters. The molecular weight excluding hydrogens is 248 g/mol. The van der Waals surface area contributed by atoms with Gasteiger partial charge in [0.15, 0.2) is 0 Å². The molecule has 2 rings (SSSR count). The Morgan fingerprint density at radius 1 is 1.20 bits per heavy atom. The second-order valence-corrected chi connectivity index (χ2v) is 7.60. The molecule has 3 heteroatoms. The van der Waals surface area contributed by atoms with Crippen molar-refractivity contribution in [2.75, 3.05) is 45.9 Å². The second kappa shape index (κ2) is 7.77. The minimum absolute atomic E-state index is 0.513. The van der Waals surface area contributed by atoms with E-state index in [0.29, 0.717) is 5.41 Å². The van der Waals surface area contributed by atoms with E-state index in [1.165, 1.54) is 38.8 Å². The molecule has 1 N–H and O–H groups in total. The minimum Gasteiger partial charge on any atom is -0.379 e. The van der Waals surface area contributed by atoms with Crippen molar-refractivity contribution in [3.05, 3.63) is 0 Å². The average Bonchev–Trinajstić information content (AvgIpc) is 2.43. The van der Waals surface area contributed by atoms with Gasteiger partial charge < -0.3 is 10.1 Å². The van der Waals surface area contributed by atoms with Gasteiger partial charge in [0.05, 0.1) is 13.2 Å². The zero-order chi connectivity index (χ0) is 14.4. The number of rotatable bonds is 6. The van der Waals surface area contributed by atoms with Crippen LogP contribution in [0.2, 0.25) is 0 Å².